The first-order valence-corrected chi connectivity index (χ1v) is 5.98. The van der Waals surface area contributed by atoms with Crippen molar-refractivity contribution in [2.45, 2.75) is 39.8 Å². The van der Waals surface area contributed by atoms with E-state index in [9.17, 15) is 5.11 Å². The lowest BCUT2D eigenvalue weighted by molar-refractivity contribution is 0.0485. The van der Waals surface area contributed by atoms with Crippen LogP contribution in [0.1, 0.15) is 33.0 Å². The number of hydrogen-bond acceptors (Lipinski definition) is 3. The van der Waals surface area contributed by atoms with E-state index in [1.54, 1.807) is 6.07 Å². The summed E-state index contributed by atoms with van der Waals surface area (Å²) in [5.74, 6) is 0.814. The summed E-state index contributed by atoms with van der Waals surface area (Å²) in [5.41, 5.74) is -0.101. The number of halogens is 1. The number of hydrogen-bond donors (Lipinski definition) is 2. The molecule has 0 aromatic carbocycles. The molecule has 0 aliphatic carbocycles. The standard InChI is InChI=1S/C12H20ClNO2/c1-4-12(3,9(2)15)8-14-7-10-5-6-11(13)16-10/h5-6,9,14-15H,4,7-8H2,1-3H3. The predicted octanol–water partition coefficient (Wildman–Crippen LogP) is 2.82. The van der Waals surface area contributed by atoms with Gasteiger partial charge in [-0.15, -0.1) is 0 Å². The molecule has 0 aliphatic heterocycles. The third-order valence-electron chi connectivity index (χ3n) is 3.27. The molecule has 0 saturated carbocycles. The summed E-state index contributed by atoms with van der Waals surface area (Å²) in [6.45, 7) is 7.36. The highest BCUT2D eigenvalue weighted by molar-refractivity contribution is 6.28. The molecule has 92 valence electrons. The molecule has 1 aromatic rings. The van der Waals surface area contributed by atoms with Gasteiger partial charge in [-0.3, -0.25) is 0 Å². The van der Waals surface area contributed by atoms with E-state index in [2.05, 4.69) is 19.2 Å². The molecule has 0 radical (unpaired) electrons. The molecule has 2 atom stereocenters. The van der Waals surface area contributed by atoms with Gasteiger partial charge in [0, 0.05) is 12.0 Å². The smallest absolute Gasteiger partial charge is 0.193 e. The lowest BCUT2D eigenvalue weighted by atomic mass is 9.82. The fraction of sp³-hybridized carbons (Fsp3) is 0.667. The summed E-state index contributed by atoms with van der Waals surface area (Å²) in [7, 11) is 0. The first-order valence-electron chi connectivity index (χ1n) is 5.61. The third kappa shape index (κ3) is 3.51. The Labute approximate surface area is 102 Å². The maximum Gasteiger partial charge on any atom is 0.193 e. The zero-order valence-electron chi connectivity index (χ0n) is 10.1. The van der Waals surface area contributed by atoms with Crippen molar-refractivity contribution in [3.05, 3.63) is 23.1 Å². The van der Waals surface area contributed by atoms with E-state index < -0.39 is 0 Å². The van der Waals surface area contributed by atoms with Crippen molar-refractivity contribution >= 4 is 11.6 Å². The minimum Gasteiger partial charge on any atom is -0.448 e. The molecule has 3 nitrogen and oxygen atoms in total. The second kappa shape index (κ2) is 5.71. The second-order valence-corrected chi connectivity index (χ2v) is 4.87. The molecule has 2 unspecified atom stereocenters. The van der Waals surface area contributed by atoms with Crippen molar-refractivity contribution in [2.24, 2.45) is 5.41 Å². The van der Waals surface area contributed by atoms with Gasteiger partial charge < -0.3 is 14.8 Å². The molecule has 0 fully saturated rings. The minimum atomic E-state index is -0.329. The zero-order valence-corrected chi connectivity index (χ0v) is 10.8. The Morgan fingerprint density at radius 3 is 2.69 bits per heavy atom. The molecule has 16 heavy (non-hydrogen) atoms. The number of nitrogens with one attached hydrogen (secondary N) is 1. The lowest BCUT2D eigenvalue weighted by Crippen LogP contribution is -2.39. The zero-order chi connectivity index (χ0) is 12.2. The number of rotatable bonds is 6. The molecular weight excluding hydrogens is 226 g/mol. The van der Waals surface area contributed by atoms with Crippen LogP contribution in [0.3, 0.4) is 0 Å². The lowest BCUT2D eigenvalue weighted by Gasteiger charge is -2.31. The van der Waals surface area contributed by atoms with Crippen LogP contribution in [0.5, 0.6) is 0 Å². The van der Waals surface area contributed by atoms with Crippen LogP contribution in [0.4, 0.5) is 0 Å². The molecule has 1 aromatic heterocycles. The van der Waals surface area contributed by atoms with Crippen LogP contribution in [0, 0.1) is 5.41 Å². The maximum atomic E-state index is 9.69. The monoisotopic (exact) mass is 245 g/mol. The van der Waals surface area contributed by atoms with E-state index in [-0.39, 0.29) is 11.5 Å². The van der Waals surface area contributed by atoms with Gasteiger partial charge in [0.2, 0.25) is 0 Å². The SMILES string of the molecule is CCC(C)(CNCc1ccc(Cl)o1)C(C)O. The Hall–Kier alpha value is -0.510. The normalized spacial score (nSPS) is 17.1. The molecule has 0 aliphatic rings. The van der Waals surface area contributed by atoms with Crippen molar-refractivity contribution in [1.29, 1.82) is 0 Å². The molecular formula is C12H20ClNO2. The van der Waals surface area contributed by atoms with Crippen LogP contribution in [0.2, 0.25) is 5.22 Å². The highest BCUT2D eigenvalue weighted by Crippen LogP contribution is 2.24. The van der Waals surface area contributed by atoms with Gasteiger partial charge >= 0.3 is 0 Å². The van der Waals surface area contributed by atoms with Gasteiger partial charge in [-0.05, 0) is 37.1 Å². The highest BCUT2D eigenvalue weighted by atomic mass is 35.5. The van der Waals surface area contributed by atoms with Gasteiger partial charge in [0.15, 0.2) is 5.22 Å². The molecule has 0 spiro atoms. The van der Waals surface area contributed by atoms with Crippen molar-refractivity contribution in [3.63, 3.8) is 0 Å². The largest absolute Gasteiger partial charge is 0.448 e. The van der Waals surface area contributed by atoms with Crippen LogP contribution in [-0.2, 0) is 6.54 Å². The first kappa shape index (κ1) is 13.6. The van der Waals surface area contributed by atoms with Crippen molar-refractivity contribution < 1.29 is 9.52 Å². The van der Waals surface area contributed by atoms with Crippen molar-refractivity contribution in [3.8, 4) is 0 Å². The third-order valence-corrected chi connectivity index (χ3v) is 3.48. The van der Waals surface area contributed by atoms with E-state index in [0.29, 0.717) is 11.8 Å². The van der Waals surface area contributed by atoms with Crippen LogP contribution in [0.25, 0.3) is 0 Å². The first-order chi connectivity index (χ1) is 7.48. The van der Waals surface area contributed by atoms with E-state index in [4.69, 9.17) is 16.0 Å². The predicted molar refractivity (Wildman–Crippen MR) is 65.5 cm³/mol. The summed E-state index contributed by atoms with van der Waals surface area (Å²) in [6.07, 6.45) is 0.599. The van der Waals surface area contributed by atoms with Crippen LogP contribution in [-0.4, -0.2) is 17.8 Å². The van der Waals surface area contributed by atoms with Crippen molar-refractivity contribution in [1.82, 2.24) is 5.32 Å². The molecule has 1 rings (SSSR count). The summed E-state index contributed by atoms with van der Waals surface area (Å²) >= 11 is 5.67. The Bertz CT molecular complexity index is 325. The summed E-state index contributed by atoms with van der Waals surface area (Å²) in [5, 5.41) is 13.4. The molecule has 1 heterocycles. The molecule has 0 saturated heterocycles. The summed E-state index contributed by atoms with van der Waals surface area (Å²) in [6, 6.07) is 3.58. The van der Waals surface area contributed by atoms with E-state index in [1.807, 2.05) is 13.0 Å². The summed E-state index contributed by atoms with van der Waals surface area (Å²) < 4.78 is 5.23. The Morgan fingerprint density at radius 2 is 2.25 bits per heavy atom. The van der Waals surface area contributed by atoms with Gasteiger partial charge in [-0.2, -0.15) is 0 Å². The quantitative estimate of drug-likeness (QED) is 0.810. The maximum absolute atomic E-state index is 9.69. The topological polar surface area (TPSA) is 45.4 Å². The molecule has 0 amide bonds. The Kier molecular flexibility index (Phi) is 4.84. The average molecular weight is 246 g/mol. The Balaban J connectivity index is 2.39. The number of aliphatic hydroxyl groups is 1. The molecule has 4 heteroatoms. The molecule has 0 bridgehead atoms. The van der Waals surface area contributed by atoms with Crippen molar-refractivity contribution in [2.75, 3.05) is 6.54 Å². The van der Waals surface area contributed by atoms with Crippen LogP contribution >= 0.6 is 11.6 Å². The van der Waals surface area contributed by atoms with Gasteiger partial charge in [-0.25, -0.2) is 0 Å². The Morgan fingerprint density at radius 1 is 1.56 bits per heavy atom. The fourth-order valence-corrected chi connectivity index (χ4v) is 1.65. The number of furan rings is 1. The van der Waals surface area contributed by atoms with Crippen LogP contribution < -0.4 is 5.32 Å². The van der Waals surface area contributed by atoms with E-state index >= 15 is 0 Å². The minimum absolute atomic E-state index is 0.101. The van der Waals surface area contributed by atoms with E-state index in [1.165, 1.54) is 0 Å². The average Bonchev–Trinajstić information content (AvgIpc) is 2.63. The van der Waals surface area contributed by atoms with Gasteiger partial charge in [0.05, 0.1) is 12.6 Å². The fourth-order valence-electron chi connectivity index (χ4n) is 1.49. The van der Waals surface area contributed by atoms with Crippen LogP contribution in [0.15, 0.2) is 16.5 Å². The summed E-state index contributed by atoms with van der Waals surface area (Å²) in [4.78, 5) is 0. The second-order valence-electron chi connectivity index (χ2n) is 4.49. The highest BCUT2D eigenvalue weighted by Gasteiger charge is 2.27. The number of aliphatic hydroxyl groups excluding tert-OH is 1. The van der Waals surface area contributed by atoms with Gasteiger partial charge in [0.25, 0.3) is 0 Å². The van der Waals surface area contributed by atoms with E-state index in [0.717, 1.165) is 18.7 Å². The van der Waals surface area contributed by atoms with Gasteiger partial charge in [-0.1, -0.05) is 13.8 Å². The molecule has 2 N–H and O–H groups in total. The van der Waals surface area contributed by atoms with Gasteiger partial charge in [0.1, 0.15) is 5.76 Å².